The highest BCUT2D eigenvalue weighted by Gasteiger charge is 2.23. The monoisotopic (exact) mass is 439 g/mol. The first kappa shape index (κ1) is 19.9. The molecule has 0 radical (unpaired) electrons. The molecule has 1 amide bonds. The van der Waals surface area contributed by atoms with Crippen molar-refractivity contribution in [1.82, 2.24) is 4.98 Å². The van der Waals surface area contributed by atoms with Crippen molar-refractivity contribution in [2.24, 2.45) is 0 Å². The number of nitrogens with zero attached hydrogens (tertiary/aromatic N) is 1. The number of benzene rings is 3. The van der Waals surface area contributed by atoms with Gasteiger partial charge in [-0.3, -0.25) is 4.79 Å². The van der Waals surface area contributed by atoms with Gasteiger partial charge in [0.1, 0.15) is 15.6 Å². The normalized spacial score (nSPS) is 10.9. The second kappa shape index (κ2) is 8.24. The Kier molecular flexibility index (Phi) is 5.13. The van der Waals surface area contributed by atoms with Crippen molar-refractivity contribution in [2.75, 3.05) is 11.1 Å². The van der Waals surface area contributed by atoms with E-state index in [9.17, 15) is 9.18 Å². The molecule has 0 saturated carbocycles. The van der Waals surface area contributed by atoms with Crippen LogP contribution in [0, 0.1) is 5.82 Å². The number of pyridine rings is 1. The summed E-state index contributed by atoms with van der Waals surface area (Å²) in [6.45, 7) is 0. The van der Waals surface area contributed by atoms with Gasteiger partial charge < -0.3 is 11.1 Å². The van der Waals surface area contributed by atoms with Crippen molar-refractivity contribution in [1.29, 1.82) is 0 Å². The third kappa shape index (κ3) is 3.72. The molecule has 3 aromatic carbocycles. The molecule has 6 heteroatoms. The van der Waals surface area contributed by atoms with Gasteiger partial charge in [-0.1, -0.05) is 72.0 Å². The maximum Gasteiger partial charge on any atom is 0.259 e. The van der Waals surface area contributed by atoms with Crippen LogP contribution < -0.4 is 11.1 Å². The van der Waals surface area contributed by atoms with Crippen LogP contribution in [0.2, 0.25) is 0 Å². The summed E-state index contributed by atoms with van der Waals surface area (Å²) in [5, 5.41) is 3.91. The van der Waals surface area contributed by atoms with E-state index in [2.05, 4.69) is 5.32 Å². The molecule has 0 aliphatic rings. The molecule has 0 aliphatic heterocycles. The number of nitrogen functional groups attached to an aromatic ring is 1. The Hall–Kier alpha value is -4.03. The standard InChI is InChI=1S/C26H18FN3OS/c27-18-11-13-19(14-12-18)29-25(31)23-22-20(16-7-3-1-4-8-16)15-21(17-9-5-2-6-10-17)30-26(22)32-24(23)28/h1-15H,28H2,(H,29,31). The first-order valence-electron chi connectivity index (χ1n) is 10.0. The molecule has 5 aromatic rings. The lowest BCUT2D eigenvalue weighted by atomic mass is 9.98. The first-order valence-corrected chi connectivity index (χ1v) is 10.8. The Bertz CT molecular complexity index is 1410. The number of aromatic nitrogens is 1. The number of amides is 1. The number of carbonyl (C=O) groups is 1. The summed E-state index contributed by atoms with van der Waals surface area (Å²) in [5.74, 6) is -0.723. The predicted octanol–water partition coefficient (Wildman–Crippen LogP) is 6.60. The van der Waals surface area contributed by atoms with E-state index in [1.807, 2.05) is 66.7 Å². The number of nitrogens with two attached hydrogens (primary N) is 1. The van der Waals surface area contributed by atoms with Crippen molar-refractivity contribution >= 4 is 38.1 Å². The molecular weight excluding hydrogens is 421 g/mol. The van der Waals surface area contributed by atoms with E-state index >= 15 is 0 Å². The van der Waals surface area contributed by atoms with Crippen LogP contribution >= 0.6 is 11.3 Å². The highest BCUT2D eigenvalue weighted by molar-refractivity contribution is 7.22. The van der Waals surface area contributed by atoms with Gasteiger partial charge in [-0.05, 0) is 41.5 Å². The van der Waals surface area contributed by atoms with E-state index in [4.69, 9.17) is 10.7 Å². The average Bonchev–Trinajstić information content (AvgIpc) is 3.17. The highest BCUT2D eigenvalue weighted by atomic mass is 32.1. The lowest BCUT2D eigenvalue weighted by Crippen LogP contribution is -2.13. The lowest BCUT2D eigenvalue weighted by Gasteiger charge is -2.11. The quantitative estimate of drug-likeness (QED) is 0.331. The molecular formula is C26H18FN3OS. The van der Waals surface area contributed by atoms with Crippen molar-refractivity contribution < 1.29 is 9.18 Å². The van der Waals surface area contributed by atoms with Gasteiger partial charge in [0.15, 0.2) is 0 Å². The number of fused-ring (bicyclic) bond motifs is 1. The first-order chi connectivity index (χ1) is 15.6. The maximum absolute atomic E-state index is 13.2. The predicted molar refractivity (Wildman–Crippen MR) is 129 cm³/mol. The summed E-state index contributed by atoms with van der Waals surface area (Å²) in [5.41, 5.74) is 10.8. The molecule has 0 saturated heterocycles. The molecule has 2 heterocycles. The second-order valence-electron chi connectivity index (χ2n) is 7.27. The van der Waals surface area contributed by atoms with Crippen LogP contribution in [0.4, 0.5) is 15.1 Å². The summed E-state index contributed by atoms with van der Waals surface area (Å²) in [4.78, 5) is 18.7. The maximum atomic E-state index is 13.2. The van der Waals surface area contributed by atoms with Gasteiger partial charge in [-0.15, -0.1) is 0 Å². The highest BCUT2D eigenvalue weighted by Crippen LogP contribution is 2.41. The molecule has 32 heavy (non-hydrogen) atoms. The fourth-order valence-corrected chi connectivity index (χ4v) is 4.63. The van der Waals surface area contributed by atoms with Crippen LogP contribution in [-0.4, -0.2) is 10.9 Å². The fourth-order valence-electron chi connectivity index (χ4n) is 3.67. The SMILES string of the molecule is Nc1sc2nc(-c3ccccc3)cc(-c3ccccc3)c2c1C(=O)Nc1ccc(F)cc1. The van der Waals surface area contributed by atoms with E-state index < -0.39 is 0 Å². The number of hydrogen-bond acceptors (Lipinski definition) is 4. The Labute approximate surface area is 188 Å². The van der Waals surface area contributed by atoms with Crippen molar-refractivity contribution in [2.45, 2.75) is 0 Å². The second-order valence-corrected chi connectivity index (χ2v) is 8.30. The molecule has 2 aromatic heterocycles. The van der Waals surface area contributed by atoms with E-state index in [1.165, 1.54) is 35.6 Å². The van der Waals surface area contributed by atoms with Crippen LogP contribution in [0.5, 0.6) is 0 Å². The van der Waals surface area contributed by atoms with Gasteiger partial charge in [0, 0.05) is 16.6 Å². The topological polar surface area (TPSA) is 68.0 Å². The molecule has 0 atom stereocenters. The zero-order valence-electron chi connectivity index (χ0n) is 16.9. The molecule has 0 fully saturated rings. The third-order valence-electron chi connectivity index (χ3n) is 5.17. The zero-order chi connectivity index (χ0) is 22.1. The fraction of sp³-hybridized carbons (Fsp3) is 0. The Morgan fingerprint density at radius 2 is 1.50 bits per heavy atom. The summed E-state index contributed by atoms with van der Waals surface area (Å²) < 4.78 is 13.2. The van der Waals surface area contributed by atoms with Crippen LogP contribution in [0.25, 0.3) is 32.6 Å². The molecule has 0 unspecified atom stereocenters. The Morgan fingerprint density at radius 1 is 0.875 bits per heavy atom. The zero-order valence-corrected chi connectivity index (χ0v) is 17.7. The summed E-state index contributed by atoms with van der Waals surface area (Å²) >= 11 is 1.28. The molecule has 0 bridgehead atoms. The van der Waals surface area contributed by atoms with Crippen molar-refractivity contribution in [3.8, 4) is 22.4 Å². The van der Waals surface area contributed by atoms with E-state index in [1.54, 1.807) is 0 Å². The van der Waals surface area contributed by atoms with Crippen molar-refractivity contribution in [3.05, 3.63) is 102 Å². The van der Waals surface area contributed by atoms with Crippen molar-refractivity contribution in [3.63, 3.8) is 0 Å². The van der Waals surface area contributed by atoms with E-state index in [-0.39, 0.29) is 11.7 Å². The van der Waals surface area contributed by atoms with Gasteiger partial charge in [-0.25, -0.2) is 9.37 Å². The minimum atomic E-state index is -0.368. The summed E-state index contributed by atoms with van der Waals surface area (Å²) in [7, 11) is 0. The summed E-state index contributed by atoms with van der Waals surface area (Å²) in [6.07, 6.45) is 0. The van der Waals surface area contributed by atoms with Gasteiger partial charge in [0.05, 0.1) is 11.3 Å². The summed E-state index contributed by atoms with van der Waals surface area (Å²) in [6, 6.07) is 27.4. The van der Waals surface area contributed by atoms with Gasteiger partial charge >= 0.3 is 0 Å². The van der Waals surface area contributed by atoms with Crippen LogP contribution in [0.15, 0.2) is 91.0 Å². The van der Waals surface area contributed by atoms with E-state index in [0.717, 1.165) is 22.4 Å². The van der Waals surface area contributed by atoms with Gasteiger partial charge in [-0.2, -0.15) is 0 Å². The number of hydrogen-bond donors (Lipinski definition) is 2. The Balaban J connectivity index is 1.70. The van der Waals surface area contributed by atoms with Crippen LogP contribution in [-0.2, 0) is 0 Å². The van der Waals surface area contributed by atoms with Crippen LogP contribution in [0.1, 0.15) is 10.4 Å². The van der Waals surface area contributed by atoms with Gasteiger partial charge in [0.2, 0.25) is 0 Å². The number of nitrogens with one attached hydrogen (secondary N) is 1. The minimum Gasteiger partial charge on any atom is -0.390 e. The number of rotatable bonds is 4. The smallest absolute Gasteiger partial charge is 0.259 e. The van der Waals surface area contributed by atoms with E-state index in [0.29, 0.717) is 26.5 Å². The lowest BCUT2D eigenvalue weighted by molar-refractivity contribution is 0.102. The van der Waals surface area contributed by atoms with Crippen LogP contribution in [0.3, 0.4) is 0 Å². The molecule has 0 aliphatic carbocycles. The number of carbonyl (C=O) groups excluding carboxylic acids is 1. The number of anilines is 2. The molecule has 5 rings (SSSR count). The molecule has 4 nitrogen and oxygen atoms in total. The molecule has 0 spiro atoms. The Morgan fingerprint density at radius 3 is 2.16 bits per heavy atom. The minimum absolute atomic E-state index is 0.355. The third-order valence-corrected chi connectivity index (χ3v) is 6.09. The van der Waals surface area contributed by atoms with Gasteiger partial charge in [0.25, 0.3) is 5.91 Å². The molecule has 156 valence electrons. The number of thiophene rings is 1. The average molecular weight is 440 g/mol. The molecule has 3 N–H and O–H groups in total. The number of halogens is 1. The largest absolute Gasteiger partial charge is 0.390 e.